The average Bonchev–Trinajstić information content (AvgIpc) is 3.59. The number of rotatable bonds is 5. The van der Waals surface area contributed by atoms with Crippen LogP contribution in [-0.2, 0) is 6.54 Å². The number of phenolic OH excluding ortho intramolecular Hbond substituents is 1. The minimum absolute atomic E-state index is 0.326. The fraction of sp³-hybridized carbons (Fsp3) is 0.259. The lowest BCUT2D eigenvalue weighted by molar-refractivity contribution is 0.159. The highest BCUT2D eigenvalue weighted by Crippen LogP contribution is 2.46. The van der Waals surface area contributed by atoms with Gasteiger partial charge in [-0.3, -0.25) is 4.90 Å². The van der Waals surface area contributed by atoms with Gasteiger partial charge < -0.3 is 5.11 Å². The van der Waals surface area contributed by atoms with Crippen LogP contribution in [-0.4, -0.2) is 22.1 Å². The first-order valence-corrected chi connectivity index (χ1v) is 13.9. The summed E-state index contributed by atoms with van der Waals surface area (Å²) in [7, 11) is 0. The number of aromatic hydroxyl groups is 1. The Morgan fingerprint density at radius 1 is 0.906 bits per heavy atom. The molecule has 0 aliphatic carbocycles. The highest BCUT2D eigenvalue weighted by molar-refractivity contribution is 7.14. The van der Waals surface area contributed by atoms with Gasteiger partial charge in [-0.2, -0.15) is 11.3 Å². The van der Waals surface area contributed by atoms with Gasteiger partial charge in [0.25, 0.3) is 0 Å². The van der Waals surface area contributed by atoms with E-state index in [9.17, 15) is 5.11 Å². The number of hydrogen-bond acceptors (Lipinski definition) is 5. The van der Waals surface area contributed by atoms with Crippen molar-refractivity contribution in [3.8, 4) is 16.2 Å². The van der Waals surface area contributed by atoms with Gasteiger partial charge in [0.05, 0.1) is 0 Å². The van der Waals surface area contributed by atoms with Crippen molar-refractivity contribution in [1.29, 1.82) is 0 Å². The van der Waals surface area contributed by atoms with Crippen molar-refractivity contribution in [2.24, 2.45) is 0 Å². The molecule has 2 aliphatic rings. The van der Waals surface area contributed by atoms with Crippen LogP contribution < -0.4 is 0 Å². The van der Waals surface area contributed by atoms with Crippen molar-refractivity contribution < 1.29 is 5.11 Å². The molecule has 3 aromatic heterocycles. The second-order valence-corrected chi connectivity index (χ2v) is 11.5. The van der Waals surface area contributed by atoms with Crippen molar-refractivity contribution in [3.05, 3.63) is 91.6 Å². The second-order valence-electron chi connectivity index (χ2n) is 8.75. The fourth-order valence-electron chi connectivity index (χ4n) is 5.45. The fourth-order valence-corrected chi connectivity index (χ4v) is 7.79. The highest BCUT2D eigenvalue weighted by Gasteiger charge is 2.39. The number of piperidine rings is 1. The van der Waals surface area contributed by atoms with Gasteiger partial charge in [0.15, 0.2) is 0 Å². The van der Waals surface area contributed by atoms with E-state index in [1.807, 2.05) is 34.8 Å². The molecule has 0 amide bonds. The SMILES string of the molecule is Oc1ccc(C(=C2CC3CCC(C2)N3Cc2cccs2)c2ccsc2-c2ccsc2)cc1. The minimum Gasteiger partial charge on any atom is -0.508 e. The van der Waals surface area contributed by atoms with E-state index in [1.165, 1.54) is 44.9 Å². The number of nitrogens with zero attached hydrogens (tertiary/aromatic N) is 1. The van der Waals surface area contributed by atoms with Crippen LogP contribution in [0.25, 0.3) is 16.0 Å². The Labute approximate surface area is 201 Å². The Morgan fingerprint density at radius 2 is 1.72 bits per heavy atom. The molecule has 1 aromatic carbocycles. The maximum atomic E-state index is 9.92. The van der Waals surface area contributed by atoms with Crippen molar-refractivity contribution in [3.63, 3.8) is 0 Å². The largest absolute Gasteiger partial charge is 0.508 e. The van der Waals surface area contributed by atoms with E-state index in [0.29, 0.717) is 17.8 Å². The quantitative estimate of drug-likeness (QED) is 0.317. The van der Waals surface area contributed by atoms with Crippen LogP contribution in [0.2, 0.25) is 0 Å². The third-order valence-electron chi connectivity index (χ3n) is 6.88. The molecule has 2 bridgehead atoms. The van der Waals surface area contributed by atoms with E-state index in [4.69, 9.17) is 0 Å². The smallest absolute Gasteiger partial charge is 0.115 e. The predicted octanol–water partition coefficient (Wildman–Crippen LogP) is 7.87. The molecule has 2 unspecified atom stereocenters. The lowest BCUT2D eigenvalue weighted by atomic mass is 9.85. The Bertz CT molecular complexity index is 1200. The van der Waals surface area contributed by atoms with E-state index in [-0.39, 0.29) is 0 Å². The third kappa shape index (κ3) is 3.77. The van der Waals surface area contributed by atoms with Crippen molar-refractivity contribution in [1.82, 2.24) is 4.90 Å². The van der Waals surface area contributed by atoms with Gasteiger partial charge in [-0.25, -0.2) is 0 Å². The molecule has 2 nitrogen and oxygen atoms in total. The molecule has 1 N–H and O–H groups in total. The van der Waals surface area contributed by atoms with Gasteiger partial charge in [0.1, 0.15) is 5.75 Å². The zero-order valence-electron chi connectivity index (χ0n) is 17.7. The summed E-state index contributed by atoms with van der Waals surface area (Å²) < 4.78 is 0. The summed E-state index contributed by atoms with van der Waals surface area (Å²) >= 11 is 5.47. The summed E-state index contributed by atoms with van der Waals surface area (Å²) in [5, 5.41) is 18.7. The molecule has 0 radical (unpaired) electrons. The normalized spacial score (nSPS) is 20.7. The molecule has 162 valence electrons. The van der Waals surface area contributed by atoms with Gasteiger partial charge in [-0.1, -0.05) is 23.8 Å². The summed E-state index contributed by atoms with van der Waals surface area (Å²) in [6.07, 6.45) is 4.86. The highest BCUT2D eigenvalue weighted by atomic mass is 32.1. The zero-order valence-corrected chi connectivity index (χ0v) is 20.2. The summed E-state index contributed by atoms with van der Waals surface area (Å²) in [4.78, 5) is 5.60. The molecular weight excluding hydrogens is 451 g/mol. The van der Waals surface area contributed by atoms with Crippen molar-refractivity contribution in [2.75, 3.05) is 0 Å². The minimum atomic E-state index is 0.326. The lowest BCUT2D eigenvalue weighted by Crippen LogP contribution is -2.39. The standard InChI is InChI=1S/C27H25NOS3/c29-23-7-3-18(4-8-23)26(25-10-13-32-27(25)19-9-12-30-17-19)20-14-21-5-6-22(15-20)28(21)16-24-2-1-11-31-24/h1-4,7-13,17,21-22,29H,5-6,14-16H2. The van der Waals surface area contributed by atoms with E-state index in [0.717, 1.165) is 19.4 Å². The molecular formula is C27H25NOS3. The Hall–Kier alpha value is -2.18. The number of benzene rings is 1. The van der Waals surface area contributed by atoms with Crippen molar-refractivity contribution >= 4 is 39.6 Å². The Kier molecular flexibility index (Phi) is 5.51. The van der Waals surface area contributed by atoms with Crippen molar-refractivity contribution in [2.45, 2.75) is 44.3 Å². The van der Waals surface area contributed by atoms with Crippen LogP contribution in [0.1, 0.15) is 41.7 Å². The molecule has 32 heavy (non-hydrogen) atoms. The Balaban J connectivity index is 1.42. The number of thiophene rings is 3. The number of hydrogen-bond donors (Lipinski definition) is 1. The lowest BCUT2D eigenvalue weighted by Gasteiger charge is -2.37. The average molecular weight is 476 g/mol. The third-order valence-corrected chi connectivity index (χ3v) is 9.39. The molecule has 2 aliphatic heterocycles. The van der Waals surface area contributed by atoms with E-state index >= 15 is 0 Å². The summed E-state index contributed by atoms with van der Waals surface area (Å²) in [6, 6.07) is 18.1. The second kappa shape index (κ2) is 8.64. The molecule has 2 saturated heterocycles. The summed E-state index contributed by atoms with van der Waals surface area (Å²) in [5.74, 6) is 0.326. The predicted molar refractivity (Wildman–Crippen MR) is 138 cm³/mol. The van der Waals surface area contributed by atoms with Crippen LogP contribution in [0.5, 0.6) is 5.75 Å². The molecule has 2 atom stereocenters. The molecule has 5 heteroatoms. The number of phenols is 1. The molecule has 4 aromatic rings. The summed E-state index contributed by atoms with van der Waals surface area (Å²) in [5.41, 5.74) is 6.86. The topological polar surface area (TPSA) is 23.5 Å². The number of fused-ring (bicyclic) bond motifs is 2. The molecule has 6 rings (SSSR count). The zero-order chi connectivity index (χ0) is 21.5. The molecule has 2 fully saturated rings. The Morgan fingerprint density at radius 3 is 2.41 bits per heavy atom. The van der Waals surface area contributed by atoms with E-state index in [2.05, 4.69) is 62.8 Å². The van der Waals surface area contributed by atoms with Gasteiger partial charge >= 0.3 is 0 Å². The molecule has 0 spiro atoms. The first-order chi connectivity index (χ1) is 15.8. The van der Waals surface area contributed by atoms with E-state index in [1.54, 1.807) is 16.9 Å². The van der Waals surface area contributed by atoms with Crippen LogP contribution in [0, 0.1) is 0 Å². The van der Waals surface area contributed by atoms with Crippen LogP contribution in [0.15, 0.2) is 75.6 Å². The van der Waals surface area contributed by atoms with E-state index < -0.39 is 0 Å². The van der Waals surface area contributed by atoms with Gasteiger partial charge in [0, 0.05) is 39.5 Å². The maximum absolute atomic E-state index is 9.92. The van der Waals surface area contributed by atoms with Gasteiger partial charge in [0.2, 0.25) is 0 Å². The van der Waals surface area contributed by atoms with Gasteiger partial charge in [-0.15, -0.1) is 22.7 Å². The van der Waals surface area contributed by atoms with Crippen LogP contribution >= 0.6 is 34.0 Å². The van der Waals surface area contributed by atoms with Gasteiger partial charge in [-0.05, 0) is 88.7 Å². The monoisotopic (exact) mass is 475 g/mol. The molecule has 0 saturated carbocycles. The van der Waals surface area contributed by atoms with Crippen LogP contribution in [0.4, 0.5) is 0 Å². The first-order valence-electron chi connectivity index (χ1n) is 11.2. The van der Waals surface area contributed by atoms with Crippen LogP contribution in [0.3, 0.4) is 0 Å². The molecule has 5 heterocycles. The maximum Gasteiger partial charge on any atom is 0.115 e. The first kappa shape index (κ1) is 20.4. The summed E-state index contributed by atoms with van der Waals surface area (Å²) in [6.45, 7) is 1.09.